The second kappa shape index (κ2) is 7.03. The van der Waals surface area contributed by atoms with Gasteiger partial charge in [0, 0.05) is 20.7 Å². The summed E-state index contributed by atoms with van der Waals surface area (Å²) in [4.78, 5) is 38.7. The summed E-state index contributed by atoms with van der Waals surface area (Å²) < 4.78 is 0. The molecule has 1 saturated carbocycles. The molecule has 0 bridgehead atoms. The summed E-state index contributed by atoms with van der Waals surface area (Å²) in [6.45, 7) is 0. The van der Waals surface area contributed by atoms with Gasteiger partial charge in [-0.15, -0.1) is 0 Å². The molecule has 2 unspecified atom stereocenters. The van der Waals surface area contributed by atoms with Gasteiger partial charge in [0.15, 0.2) is 0 Å². The number of carboxylic acid groups (broad SMARTS) is 1. The number of benzene rings is 2. The average molecular weight is 443 g/mol. The van der Waals surface area contributed by atoms with Crippen LogP contribution in [0.1, 0.15) is 36.3 Å². The minimum absolute atomic E-state index is 0.149. The molecule has 1 aliphatic carbocycles. The van der Waals surface area contributed by atoms with Crippen molar-refractivity contribution < 1.29 is 19.5 Å². The number of nitrogens with one attached hydrogen (secondary N) is 2. The van der Waals surface area contributed by atoms with E-state index in [0.717, 1.165) is 20.9 Å². The van der Waals surface area contributed by atoms with Crippen LogP contribution in [-0.2, 0) is 9.59 Å². The first kappa shape index (κ1) is 19.5. The molecule has 1 saturated heterocycles. The topological polar surface area (TPSA) is 95.5 Å². The Morgan fingerprint density at radius 3 is 2.57 bits per heavy atom. The van der Waals surface area contributed by atoms with E-state index in [1.54, 1.807) is 11.8 Å². The normalized spacial score (nSPS) is 29.3. The number of fused-ring (bicyclic) bond motifs is 2. The van der Waals surface area contributed by atoms with E-state index in [1.807, 2.05) is 42.5 Å². The Morgan fingerprint density at radius 2 is 1.87 bits per heavy atom. The van der Waals surface area contributed by atoms with Crippen LogP contribution in [-0.4, -0.2) is 28.6 Å². The zero-order valence-electron chi connectivity index (χ0n) is 15.9. The van der Waals surface area contributed by atoms with E-state index < -0.39 is 23.5 Å². The van der Waals surface area contributed by atoms with Gasteiger partial charge in [0.05, 0.1) is 5.92 Å². The Balaban J connectivity index is 1.57. The predicted octanol–water partition coefficient (Wildman–Crippen LogP) is 4.02. The molecule has 8 heteroatoms. The van der Waals surface area contributed by atoms with Crippen LogP contribution < -0.4 is 10.6 Å². The minimum atomic E-state index is -1.14. The van der Waals surface area contributed by atoms with E-state index in [-0.39, 0.29) is 17.7 Å². The maximum absolute atomic E-state index is 13.0. The molecule has 6 nitrogen and oxygen atoms in total. The van der Waals surface area contributed by atoms with Crippen molar-refractivity contribution in [1.82, 2.24) is 10.6 Å². The summed E-state index contributed by atoms with van der Waals surface area (Å²) in [5.41, 5.74) is 0.968. The van der Waals surface area contributed by atoms with Crippen molar-refractivity contribution >= 4 is 41.3 Å². The van der Waals surface area contributed by atoms with Crippen molar-refractivity contribution in [3.63, 3.8) is 0 Å². The molecule has 154 valence electrons. The number of hydrogen-bond donors (Lipinski definition) is 3. The summed E-state index contributed by atoms with van der Waals surface area (Å²) in [5, 5.41) is 15.2. The smallest absolute Gasteiger partial charge is 0.322 e. The molecule has 3 amide bonds. The molecular formula is C22H19ClN2O4S. The molecule has 5 rings (SSSR count). The molecule has 3 N–H and O–H groups in total. The van der Waals surface area contributed by atoms with E-state index in [1.165, 1.54) is 0 Å². The van der Waals surface area contributed by atoms with Crippen LogP contribution in [0.3, 0.4) is 0 Å². The lowest BCUT2D eigenvalue weighted by Crippen LogP contribution is -2.58. The van der Waals surface area contributed by atoms with Gasteiger partial charge in [-0.1, -0.05) is 41.6 Å². The van der Waals surface area contributed by atoms with E-state index in [0.29, 0.717) is 24.3 Å². The van der Waals surface area contributed by atoms with Crippen LogP contribution in [0.2, 0.25) is 5.02 Å². The van der Waals surface area contributed by atoms with Gasteiger partial charge in [-0.05, 0) is 60.6 Å². The maximum Gasteiger partial charge on any atom is 0.322 e. The van der Waals surface area contributed by atoms with Crippen molar-refractivity contribution in [2.24, 2.45) is 11.8 Å². The largest absolute Gasteiger partial charge is 0.481 e. The first-order chi connectivity index (χ1) is 14.4. The minimum Gasteiger partial charge on any atom is -0.481 e. The number of aliphatic carboxylic acids is 1. The lowest BCUT2D eigenvalue weighted by Gasteiger charge is -2.45. The SMILES string of the molecule is O=C1NC(=O)C(CC2c3ccccc3Sc3ccc(Cl)cc32)(C2CC(C(=O)O)C2)N1. The van der Waals surface area contributed by atoms with Gasteiger partial charge < -0.3 is 10.4 Å². The zero-order valence-corrected chi connectivity index (χ0v) is 17.4. The van der Waals surface area contributed by atoms with Crippen LogP contribution in [0.4, 0.5) is 4.79 Å². The molecule has 2 aliphatic heterocycles. The van der Waals surface area contributed by atoms with Crippen LogP contribution in [0.15, 0.2) is 52.3 Å². The fraction of sp³-hybridized carbons (Fsp3) is 0.318. The molecule has 0 aromatic heterocycles. The molecule has 2 fully saturated rings. The van der Waals surface area contributed by atoms with Gasteiger partial charge >= 0.3 is 12.0 Å². The van der Waals surface area contributed by atoms with Crippen LogP contribution in [0, 0.1) is 11.8 Å². The summed E-state index contributed by atoms with van der Waals surface area (Å²) >= 11 is 7.96. The summed E-state index contributed by atoms with van der Waals surface area (Å²) in [7, 11) is 0. The molecule has 2 aromatic carbocycles. The van der Waals surface area contributed by atoms with Gasteiger partial charge in [0.2, 0.25) is 0 Å². The van der Waals surface area contributed by atoms with Gasteiger partial charge in [-0.3, -0.25) is 14.9 Å². The molecule has 30 heavy (non-hydrogen) atoms. The number of hydrogen-bond acceptors (Lipinski definition) is 4. The Bertz CT molecular complexity index is 1080. The molecule has 2 aromatic rings. The van der Waals surface area contributed by atoms with Crippen molar-refractivity contribution in [2.45, 2.75) is 40.5 Å². The number of imide groups is 1. The average Bonchev–Trinajstić information content (AvgIpc) is 2.94. The Hall–Kier alpha value is -2.51. The second-order valence-corrected chi connectivity index (χ2v) is 9.68. The quantitative estimate of drug-likeness (QED) is 0.621. The van der Waals surface area contributed by atoms with Crippen molar-refractivity contribution in [1.29, 1.82) is 0 Å². The Morgan fingerprint density at radius 1 is 1.13 bits per heavy atom. The Labute approximate surface area is 182 Å². The number of carbonyl (C=O) groups excluding carboxylic acids is 2. The first-order valence-electron chi connectivity index (χ1n) is 9.80. The highest BCUT2D eigenvalue weighted by molar-refractivity contribution is 7.99. The van der Waals surface area contributed by atoms with E-state index in [2.05, 4.69) is 10.6 Å². The standard InChI is InChI=1S/C22H19ClN2O4S/c23-13-5-6-18-15(9-13)16(14-3-1-2-4-17(14)30-18)10-22(20(28)24-21(29)25-22)12-7-11(8-12)19(26)27/h1-6,9,11-12,16H,7-8,10H2,(H,26,27)(H2,24,25,28,29). The second-order valence-electron chi connectivity index (χ2n) is 8.16. The van der Waals surface area contributed by atoms with E-state index in [4.69, 9.17) is 11.6 Å². The fourth-order valence-corrected chi connectivity index (χ4v) is 6.25. The molecule has 0 spiro atoms. The zero-order chi connectivity index (χ0) is 21.0. The molecule has 3 aliphatic rings. The summed E-state index contributed by atoms with van der Waals surface area (Å²) in [6.07, 6.45) is 1.09. The maximum atomic E-state index is 13.0. The van der Waals surface area contributed by atoms with Gasteiger partial charge in [0.1, 0.15) is 5.54 Å². The number of urea groups is 1. The van der Waals surface area contributed by atoms with Gasteiger partial charge in [-0.2, -0.15) is 0 Å². The monoisotopic (exact) mass is 442 g/mol. The fourth-order valence-electron chi connectivity index (χ4n) is 4.90. The number of amides is 3. The number of rotatable bonds is 4. The lowest BCUT2D eigenvalue weighted by molar-refractivity contribution is -0.149. The lowest BCUT2D eigenvalue weighted by atomic mass is 9.61. The van der Waals surface area contributed by atoms with Gasteiger partial charge in [-0.25, -0.2) is 4.79 Å². The predicted molar refractivity (Wildman–Crippen MR) is 112 cm³/mol. The molecule has 2 atom stereocenters. The third-order valence-electron chi connectivity index (χ3n) is 6.54. The highest BCUT2D eigenvalue weighted by Crippen LogP contribution is 2.52. The van der Waals surface area contributed by atoms with Crippen molar-refractivity contribution in [3.05, 3.63) is 58.6 Å². The van der Waals surface area contributed by atoms with Crippen molar-refractivity contribution in [3.8, 4) is 0 Å². The van der Waals surface area contributed by atoms with E-state index >= 15 is 0 Å². The number of halogens is 1. The summed E-state index contributed by atoms with van der Waals surface area (Å²) in [5.74, 6) is -2.09. The van der Waals surface area contributed by atoms with Crippen molar-refractivity contribution in [2.75, 3.05) is 0 Å². The third kappa shape index (κ3) is 2.99. The van der Waals surface area contributed by atoms with Crippen LogP contribution in [0.25, 0.3) is 0 Å². The van der Waals surface area contributed by atoms with Crippen LogP contribution in [0.5, 0.6) is 0 Å². The molecular weight excluding hydrogens is 424 g/mol. The summed E-state index contributed by atoms with van der Waals surface area (Å²) in [6, 6.07) is 13.3. The Kier molecular flexibility index (Phi) is 4.56. The highest BCUT2D eigenvalue weighted by Gasteiger charge is 2.58. The van der Waals surface area contributed by atoms with E-state index in [9.17, 15) is 19.5 Å². The van der Waals surface area contributed by atoms with Gasteiger partial charge in [0.25, 0.3) is 5.91 Å². The highest BCUT2D eigenvalue weighted by atomic mass is 35.5. The number of carbonyl (C=O) groups is 3. The number of carboxylic acids is 1. The molecule has 2 heterocycles. The third-order valence-corrected chi connectivity index (χ3v) is 7.96. The first-order valence-corrected chi connectivity index (χ1v) is 11.0. The molecule has 0 radical (unpaired) electrons. The van der Waals surface area contributed by atoms with Crippen LogP contribution >= 0.6 is 23.4 Å².